The van der Waals surface area contributed by atoms with Gasteiger partial charge in [-0.15, -0.1) is 0 Å². The van der Waals surface area contributed by atoms with Crippen LogP contribution in [0.2, 0.25) is 0 Å². The van der Waals surface area contributed by atoms with E-state index >= 15 is 0 Å². The second kappa shape index (κ2) is 6.85. The molecule has 0 unspecified atom stereocenters. The summed E-state index contributed by atoms with van der Waals surface area (Å²) in [4.78, 5) is 12.0. The first kappa shape index (κ1) is 15.7. The Morgan fingerprint density at radius 3 is 2.36 bits per heavy atom. The molecule has 0 spiro atoms. The smallest absolute Gasteiger partial charge is 0.188 e. The molecule has 0 radical (unpaired) electrons. The summed E-state index contributed by atoms with van der Waals surface area (Å²) >= 11 is 0. The summed E-state index contributed by atoms with van der Waals surface area (Å²) in [6.45, 7) is 0. The Morgan fingerprint density at radius 1 is 1.00 bits per heavy atom. The molecule has 0 heterocycles. The van der Waals surface area contributed by atoms with Crippen LogP contribution in [0, 0.1) is 11.6 Å². The maximum atomic E-state index is 13.8. The average molecular weight is 304 g/mol. The molecule has 0 N–H and O–H groups in total. The van der Waals surface area contributed by atoms with Gasteiger partial charge < -0.3 is 9.47 Å². The maximum absolute atomic E-state index is 13.8. The minimum Gasteiger partial charge on any atom is -0.497 e. The molecule has 2 aromatic carbocycles. The minimum atomic E-state index is -0.671. The number of ketones is 1. The van der Waals surface area contributed by atoms with E-state index in [1.165, 1.54) is 50.6 Å². The van der Waals surface area contributed by atoms with Crippen molar-refractivity contribution in [3.63, 3.8) is 0 Å². The lowest BCUT2D eigenvalue weighted by molar-refractivity contribution is 0.104. The van der Waals surface area contributed by atoms with Gasteiger partial charge in [0, 0.05) is 6.07 Å². The molecule has 0 amide bonds. The highest BCUT2D eigenvalue weighted by Gasteiger charge is 2.10. The van der Waals surface area contributed by atoms with Crippen molar-refractivity contribution in [1.82, 2.24) is 0 Å². The minimum absolute atomic E-state index is 0.0777. The van der Waals surface area contributed by atoms with Crippen molar-refractivity contribution in [3.8, 4) is 11.5 Å². The van der Waals surface area contributed by atoms with Gasteiger partial charge in [0.05, 0.1) is 19.8 Å². The van der Waals surface area contributed by atoms with Crippen LogP contribution in [-0.2, 0) is 0 Å². The molecular formula is C17H14F2O3. The molecule has 0 saturated carbocycles. The molecule has 0 aromatic heterocycles. The van der Waals surface area contributed by atoms with Crippen molar-refractivity contribution < 1.29 is 23.0 Å². The standard InChI is InChI=1S/C17H14F2O3/c1-21-12-5-6-13(14(18)10-12)16(20)7-3-11-4-8-17(22-2)15(19)9-11/h3-10H,1-2H3/b7-3+. The molecule has 2 rings (SSSR count). The molecule has 114 valence electrons. The zero-order valence-electron chi connectivity index (χ0n) is 12.1. The summed E-state index contributed by atoms with van der Waals surface area (Å²) in [7, 11) is 2.78. The second-order valence-electron chi connectivity index (χ2n) is 4.44. The van der Waals surface area contributed by atoms with Crippen molar-refractivity contribution in [1.29, 1.82) is 0 Å². The fourth-order valence-electron chi connectivity index (χ4n) is 1.87. The Hall–Kier alpha value is -2.69. The first-order valence-electron chi connectivity index (χ1n) is 6.44. The monoisotopic (exact) mass is 304 g/mol. The summed E-state index contributed by atoms with van der Waals surface area (Å²) in [5.74, 6) is -1.28. The third-order valence-electron chi connectivity index (χ3n) is 3.04. The molecule has 0 atom stereocenters. The summed E-state index contributed by atoms with van der Waals surface area (Å²) in [6.07, 6.45) is 2.60. The fraction of sp³-hybridized carbons (Fsp3) is 0.118. The molecular weight excluding hydrogens is 290 g/mol. The van der Waals surface area contributed by atoms with E-state index in [9.17, 15) is 13.6 Å². The van der Waals surface area contributed by atoms with E-state index in [-0.39, 0.29) is 11.3 Å². The number of methoxy groups -OCH3 is 2. The third kappa shape index (κ3) is 3.49. The Morgan fingerprint density at radius 2 is 1.77 bits per heavy atom. The summed E-state index contributed by atoms with van der Waals surface area (Å²) in [5, 5.41) is 0. The quantitative estimate of drug-likeness (QED) is 0.621. The van der Waals surface area contributed by atoms with Crippen molar-refractivity contribution in [2.24, 2.45) is 0 Å². The van der Waals surface area contributed by atoms with Gasteiger partial charge >= 0.3 is 0 Å². The molecule has 0 aliphatic rings. The van der Waals surface area contributed by atoms with Crippen LogP contribution in [0.15, 0.2) is 42.5 Å². The van der Waals surface area contributed by atoms with Gasteiger partial charge in [0.25, 0.3) is 0 Å². The normalized spacial score (nSPS) is 10.7. The van der Waals surface area contributed by atoms with Gasteiger partial charge in [0.1, 0.15) is 11.6 Å². The predicted octanol–water partition coefficient (Wildman–Crippen LogP) is 3.88. The number of benzene rings is 2. The SMILES string of the molecule is COc1ccc(C(=O)/C=C/c2ccc(OC)c(F)c2)c(F)c1. The largest absolute Gasteiger partial charge is 0.497 e. The van der Waals surface area contributed by atoms with Gasteiger partial charge in [-0.05, 0) is 35.9 Å². The molecule has 0 bridgehead atoms. The highest BCUT2D eigenvalue weighted by molar-refractivity contribution is 6.07. The topological polar surface area (TPSA) is 35.5 Å². The van der Waals surface area contributed by atoms with Crippen LogP contribution in [0.4, 0.5) is 8.78 Å². The van der Waals surface area contributed by atoms with Gasteiger partial charge in [0.15, 0.2) is 17.3 Å². The van der Waals surface area contributed by atoms with E-state index in [0.717, 1.165) is 6.07 Å². The molecule has 3 nitrogen and oxygen atoms in total. The highest BCUT2D eigenvalue weighted by Crippen LogP contribution is 2.20. The van der Waals surface area contributed by atoms with Crippen LogP contribution in [0.1, 0.15) is 15.9 Å². The molecule has 0 aliphatic carbocycles. The highest BCUT2D eigenvalue weighted by atomic mass is 19.1. The van der Waals surface area contributed by atoms with Crippen LogP contribution >= 0.6 is 0 Å². The number of carbonyl (C=O) groups is 1. The van der Waals surface area contributed by atoms with Crippen LogP contribution in [0.3, 0.4) is 0 Å². The lowest BCUT2D eigenvalue weighted by Gasteiger charge is -2.03. The van der Waals surface area contributed by atoms with Crippen molar-refractivity contribution in [2.45, 2.75) is 0 Å². The van der Waals surface area contributed by atoms with Crippen LogP contribution < -0.4 is 9.47 Å². The van der Waals surface area contributed by atoms with Gasteiger partial charge in [0.2, 0.25) is 0 Å². The van der Waals surface area contributed by atoms with E-state index in [1.54, 1.807) is 6.07 Å². The number of rotatable bonds is 5. The van der Waals surface area contributed by atoms with Crippen LogP contribution in [-0.4, -0.2) is 20.0 Å². The number of halogens is 2. The van der Waals surface area contributed by atoms with Crippen LogP contribution in [0.5, 0.6) is 11.5 Å². The molecule has 0 fully saturated rings. The zero-order valence-corrected chi connectivity index (χ0v) is 12.1. The van der Waals surface area contributed by atoms with Crippen molar-refractivity contribution in [2.75, 3.05) is 14.2 Å². The fourth-order valence-corrected chi connectivity index (χ4v) is 1.87. The summed E-state index contributed by atoms with van der Waals surface area (Å²) < 4.78 is 37.0. The van der Waals surface area contributed by atoms with Gasteiger partial charge in [-0.3, -0.25) is 4.79 Å². The number of carbonyl (C=O) groups excluding carboxylic acids is 1. The van der Waals surface area contributed by atoms with Gasteiger partial charge in [-0.1, -0.05) is 12.1 Å². The second-order valence-corrected chi connectivity index (χ2v) is 4.44. The van der Waals surface area contributed by atoms with Crippen LogP contribution in [0.25, 0.3) is 6.08 Å². The molecule has 2 aromatic rings. The molecule has 0 saturated heterocycles. The van der Waals surface area contributed by atoms with E-state index in [0.29, 0.717) is 11.3 Å². The lowest BCUT2D eigenvalue weighted by atomic mass is 10.1. The molecule has 0 aliphatic heterocycles. The first-order valence-corrected chi connectivity index (χ1v) is 6.44. The Balaban J connectivity index is 2.19. The summed E-state index contributed by atoms with van der Waals surface area (Å²) in [5.41, 5.74) is 0.395. The van der Waals surface area contributed by atoms with E-state index in [2.05, 4.69) is 0 Å². The maximum Gasteiger partial charge on any atom is 0.188 e. The average Bonchev–Trinajstić information content (AvgIpc) is 2.52. The number of ether oxygens (including phenoxy) is 2. The zero-order chi connectivity index (χ0) is 16.1. The molecule has 22 heavy (non-hydrogen) atoms. The molecule has 5 heteroatoms. The van der Waals surface area contributed by atoms with E-state index in [1.807, 2.05) is 0 Å². The summed E-state index contributed by atoms with van der Waals surface area (Å²) in [6, 6.07) is 8.25. The van der Waals surface area contributed by atoms with E-state index < -0.39 is 17.4 Å². The third-order valence-corrected chi connectivity index (χ3v) is 3.04. The Kier molecular flexibility index (Phi) is 4.88. The Labute approximate surface area is 126 Å². The van der Waals surface area contributed by atoms with Crippen molar-refractivity contribution >= 4 is 11.9 Å². The number of hydrogen-bond acceptors (Lipinski definition) is 3. The van der Waals surface area contributed by atoms with Gasteiger partial charge in [-0.25, -0.2) is 8.78 Å². The van der Waals surface area contributed by atoms with E-state index in [4.69, 9.17) is 9.47 Å². The first-order chi connectivity index (χ1) is 10.5. The van der Waals surface area contributed by atoms with Gasteiger partial charge in [-0.2, -0.15) is 0 Å². The Bertz CT molecular complexity index is 724. The predicted molar refractivity (Wildman–Crippen MR) is 79.3 cm³/mol. The number of hydrogen-bond donors (Lipinski definition) is 0. The lowest BCUT2D eigenvalue weighted by Crippen LogP contribution is -1.99. The van der Waals surface area contributed by atoms with Crippen molar-refractivity contribution in [3.05, 3.63) is 65.2 Å². The number of allylic oxidation sites excluding steroid dienone is 1.